The molecule has 0 saturated carbocycles. The van der Waals surface area contributed by atoms with Gasteiger partial charge in [-0.2, -0.15) is 0 Å². The maximum atomic E-state index is 13.6. The summed E-state index contributed by atoms with van der Waals surface area (Å²) in [6.45, 7) is 0.813. The molecule has 1 aromatic carbocycles. The summed E-state index contributed by atoms with van der Waals surface area (Å²) in [6.07, 6.45) is 3.36. The highest BCUT2D eigenvalue weighted by Gasteiger charge is 2.28. The highest BCUT2D eigenvalue weighted by molar-refractivity contribution is 5.92. The van der Waals surface area contributed by atoms with Gasteiger partial charge < -0.3 is 4.90 Å². The predicted molar refractivity (Wildman–Crippen MR) is 93.2 cm³/mol. The van der Waals surface area contributed by atoms with E-state index in [1.165, 1.54) is 23.9 Å². The molecular weight excluding hydrogens is 337 g/mol. The van der Waals surface area contributed by atoms with Crippen molar-refractivity contribution in [2.45, 2.75) is 18.9 Å². The van der Waals surface area contributed by atoms with E-state index in [1.807, 2.05) is 18.2 Å². The van der Waals surface area contributed by atoms with Gasteiger partial charge in [-0.15, -0.1) is 5.10 Å². The van der Waals surface area contributed by atoms with Crippen LogP contribution in [0.15, 0.2) is 42.6 Å². The van der Waals surface area contributed by atoms with Gasteiger partial charge in [-0.05, 0) is 42.7 Å². The molecule has 3 aromatic rings. The predicted octanol–water partition coefficient (Wildman–Crippen LogP) is 2.50. The summed E-state index contributed by atoms with van der Waals surface area (Å²) < 4.78 is 15.1. The number of hydrogen-bond donors (Lipinski definition) is 1. The Kier molecular flexibility index (Phi) is 4.26. The zero-order chi connectivity index (χ0) is 18.1. The van der Waals surface area contributed by atoms with Crippen molar-refractivity contribution < 1.29 is 14.0 Å². The number of hydroxylamine groups is 1. The van der Waals surface area contributed by atoms with Crippen LogP contribution in [0.3, 0.4) is 0 Å². The molecule has 8 heteroatoms. The first-order valence-electron chi connectivity index (χ1n) is 8.37. The van der Waals surface area contributed by atoms with Gasteiger partial charge in [0.25, 0.3) is 5.91 Å². The average molecular weight is 355 g/mol. The van der Waals surface area contributed by atoms with Crippen molar-refractivity contribution in [1.29, 1.82) is 0 Å². The minimum Gasteiger partial charge on any atom is -0.348 e. The standard InChI is InChI=1S/C18H18FN5O2/c1-26-22-18(25)15-11-20-16-7-8-17(21-24(15)16)23-9-3-6-14(23)12-4-2-5-13(19)10-12/h2,4-5,7-8,10-11,14H,3,6,9H2,1H3,(H,22,25). The molecule has 1 fully saturated rings. The molecule has 1 aliphatic heterocycles. The monoisotopic (exact) mass is 355 g/mol. The highest BCUT2D eigenvalue weighted by Crippen LogP contribution is 2.35. The van der Waals surface area contributed by atoms with Crippen molar-refractivity contribution in [2.75, 3.05) is 18.6 Å². The van der Waals surface area contributed by atoms with E-state index in [-0.39, 0.29) is 17.6 Å². The molecule has 1 N–H and O–H groups in total. The Balaban J connectivity index is 1.71. The van der Waals surface area contributed by atoms with Crippen LogP contribution in [0.4, 0.5) is 10.2 Å². The van der Waals surface area contributed by atoms with Crippen LogP contribution in [-0.2, 0) is 4.84 Å². The molecule has 2 aromatic heterocycles. The van der Waals surface area contributed by atoms with Crippen molar-refractivity contribution in [3.05, 3.63) is 59.7 Å². The molecule has 7 nitrogen and oxygen atoms in total. The Hall–Kier alpha value is -3.00. The number of fused-ring (bicyclic) bond motifs is 1. The van der Waals surface area contributed by atoms with Gasteiger partial charge >= 0.3 is 0 Å². The highest BCUT2D eigenvalue weighted by atomic mass is 19.1. The van der Waals surface area contributed by atoms with Crippen LogP contribution in [0.5, 0.6) is 0 Å². The van der Waals surface area contributed by atoms with Crippen LogP contribution in [0.1, 0.15) is 34.9 Å². The zero-order valence-electron chi connectivity index (χ0n) is 14.2. The fraction of sp³-hybridized carbons (Fsp3) is 0.278. The topological polar surface area (TPSA) is 71.8 Å². The third kappa shape index (κ3) is 2.88. The molecule has 26 heavy (non-hydrogen) atoms. The Labute approximate surface area is 149 Å². The SMILES string of the molecule is CONC(=O)c1cnc2ccc(N3CCCC3c3cccc(F)c3)nn12. The van der Waals surface area contributed by atoms with E-state index < -0.39 is 5.91 Å². The van der Waals surface area contributed by atoms with Crippen molar-refractivity contribution in [1.82, 2.24) is 20.1 Å². The summed E-state index contributed by atoms with van der Waals surface area (Å²) >= 11 is 0. The van der Waals surface area contributed by atoms with E-state index >= 15 is 0 Å². The minimum atomic E-state index is -0.423. The maximum absolute atomic E-state index is 13.6. The molecule has 3 heterocycles. The first-order valence-corrected chi connectivity index (χ1v) is 8.37. The first kappa shape index (κ1) is 16.5. The van der Waals surface area contributed by atoms with Crippen LogP contribution in [0.25, 0.3) is 5.65 Å². The lowest BCUT2D eigenvalue weighted by Crippen LogP contribution is -2.26. The van der Waals surface area contributed by atoms with Gasteiger partial charge in [0, 0.05) is 6.54 Å². The largest absolute Gasteiger partial charge is 0.348 e. The number of carbonyl (C=O) groups is 1. The van der Waals surface area contributed by atoms with Crippen LogP contribution in [0.2, 0.25) is 0 Å². The number of carbonyl (C=O) groups excluding carboxylic acids is 1. The lowest BCUT2D eigenvalue weighted by molar-refractivity contribution is 0.0530. The lowest BCUT2D eigenvalue weighted by Gasteiger charge is -2.26. The summed E-state index contributed by atoms with van der Waals surface area (Å²) in [6, 6.07) is 10.4. The van der Waals surface area contributed by atoms with E-state index in [4.69, 9.17) is 0 Å². The number of nitrogens with zero attached hydrogens (tertiary/aromatic N) is 4. The third-order valence-corrected chi connectivity index (χ3v) is 4.56. The van der Waals surface area contributed by atoms with Crippen LogP contribution >= 0.6 is 0 Å². The van der Waals surface area contributed by atoms with Crippen molar-refractivity contribution in [3.8, 4) is 0 Å². The second-order valence-electron chi connectivity index (χ2n) is 6.15. The Bertz CT molecular complexity index is 958. The molecule has 1 saturated heterocycles. The summed E-state index contributed by atoms with van der Waals surface area (Å²) in [4.78, 5) is 23.1. The smallest absolute Gasteiger partial charge is 0.295 e. The van der Waals surface area contributed by atoms with Gasteiger partial charge in [0.15, 0.2) is 11.3 Å². The van der Waals surface area contributed by atoms with Gasteiger partial charge in [-0.25, -0.2) is 19.4 Å². The lowest BCUT2D eigenvalue weighted by atomic mass is 10.0. The molecule has 0 bridgehead atoms. The molecule has 0 spiro atoms. The third-order valence-electron chi connectivity index (χ3n) is 4.56. The van der Waals surface area contributed by atoms with Gasteiger partial charge in [-0.3, -0.25) is 9.63 Å². The number of anilines is 1. The summed E-state index contributed by atoms with van der Waals surface area (Å²) in [5.74, 6) is 0.0485. The van der Waals surface area contributed by atoms with Crippen LogP contribution in [-0.4, -0.2) is 34.2 Å². The second-order valence-corrected chi connectivity index (χ2v) is 6.15. The molecule has 1 aliphatic rings. The average Bonchev–Trinajstić information content (AvgIpc) is 3.28. The number of nitrogens with one attached hydrogen (secondary N) is 1. The first-order chi connectivity index (χ1) is 12.7. The summed E-state index contributed by atoms with van der Waals surface area (Å²) in [5.41, 5.74) is 4.05. The van der Waals surface area contributed by atoms with Crippen LogP contribution in [0, 0.1) is 5.82 Å². The van der Waals surface area contributed by atoms with Crippen LogP contribution < -0.4 is 10.4 Å². The Morgan fingerprint density at radius 1 is 1.35 bits per heavy atom. The molecular formula is C18H18FN5O2. The number of rotatable bonds is 4. The number of halogens is 1. The molecule has 134 valence electrons. The number of hydrogen-bond acceptors (Lipinski definition) is 5. The van der Waals surface area contributed by atoms with Crippen molar-refractivity contribution >= 4 is 17.4 Å². The normalized spacial score (nSPS) is 17.0. The number of amides is 1. The maximum Gasteiger partial charge on any atom is 0.295 e. The number of benzene rings is 1. The quantitative estimate of drug-likeness (QED) is 0.728. The van der Waals surface area contributed by atoms with Crippen molar-refractivity contribution in [2.24, 2.45) is 0 Å². The molecule has 1 amide bonds. The minimum absolute atomic E-state index is 0.0513. The van der Waals surface area contributed by atoms with Crippen molar-refractivity contribution in [3.63, 3.8) is 0 Å². The van der Waals surface area contributed by atoms with Gasteiger partial charge in [0.05, 0.1) is 19.3 Å². The molecule has 1 atom stereocenters. The van der Waals surface area contributed by atoms with E-state index in [1.54, 1.807) is 12.1 Å². The van der Waals surface area contributed by atoms with E-state index in [2.05, 4.69) is 25.3 Å². The number of imidazole rings is 1. The molecule has 0 aliphatic carbocycles. The van der Waals surface area contributed by atoms with E-state index in [0.717, 1.165) is 24.9 Å². The molecule has 4 rings (SSSR count). The molecule has 0 radical (unpaired) electrons. The molecule has 1 unspecified atom stereocenters. The second kappa shape index (κ2) is 6.72. The van der Waals surface area contributed by atoms with E-state index in [9.17, 15) is 9.18 Å². The zero-order valence-corrected chi connectivity index (χ0v) is 14.2. The summed E-state index contributed by atoms with van der Waals surface area (Å²) in [5, 5.41) is 4.59. The van der Waals surface area contributed by atoms with Gasteiger partial charge in [-0.1, -0.05) is 12.1 Å². The van der Waals surface area contributed by atoms with Gasteiger partial charge in [0.1, 0.15) is 11.6 Å². The Morgan fingerprint density at radius 2 is 2.23 bits per heavy atom. The fourth-order valence-corrected chi connectivity index (χ4v) is 3.42. The van der Waals surface area contributed by atoms with Gasteiger partial charge in [0.2, 0.25) is 0 Å². The fourth-order valence-electron chi connectivity index (χ4n) is 3.42. The summed E-state index contributed by atoms with van der Waals surface area (Å²) in [7, 11) is 1.37. The van der Waals surface area contributed by atoms with E-state index in [0.29, 0.717) is 11.5 Å². The number of aromatic nitrogens is 3. The Morgan fingerprint density at radius 3 is 3.04 bits per heavy atom.